The highest BCUT2D eigenvalue weighted by Crippen LogP contribution is 2.32. The molecule has 0 saturated carbocycles. The van der Waals surface area contributed by atoms with Crippen molar-refractivity contribution in [2.24, 2.45) is 0 Å². The Morgan fingerprint density at radius 2 is 2.24 bits per heavy atom. The van der Waals surface area contributed by atoms with Crippen LogP contribution in [0.2, 0.25) is 0 Å². The molecule has 0 fully saturated rings. The van der Waals surface area contributed by atoms with E-state index in [1.54, 1.807) is 13.2 Å². The lowest BCUT2D eigenvalue weighted by Gasteiger charge is -2.26. The van der Waals surface area contributed by atoms with Crippen LogP contribution in [0.15, 0.2) is 36.5 Å². The van der Waals surface area contributed by atoms with Crippen LogP contribution in [-0.2, 0) is 13.0 Å². The van der Waals surface area contributed by atoms with Gasteiger partial charge < -0.3 is 15.2 Å². The van der Waals surface area contributed by atoms with Crippen LogP contribution in [0.4, 0.5) is 0 Å². The van der Waals surface area contributed by atoms with Crippen molar-refractivity contribution in [3.05, 3.63) is 53.2 Å². The lowest BCUT2D eigenvalue weighted by atomic mass is 9.87. The number of rotatable bonds is 4. The Morgan fingerprint density at radius 1 is 1.33 bits per heavy atom. The smallest absolute Gasteiger partial charge is 0.212 e. The second-order valence-electron chi connectivity index (χ2n) is 5.42. The van der Waals surface area contributed by atoms with Crippen molar-refractivity contribution < 1.29 is 9.84 Å². The molecule has 1 heterocycles. The number of aryl methyl sites for hydroxylation is 1. The molecule has 0 saturated heterocycles. The van der Waals surface area contributed by atoms with Crippen LogP contribution in [0, 0.1) is 0 Å². The molecule has 1 unspecified atom stereocenters. The van der Waals surface area contributed by atoms with Gasteiger partial charge in [-0.15, -0.1) is 0 Å². The molecule has 1 aromatic carbocycles. The van der Waals surface area contributed by atoms with Crippen LogP contribution in [0.3, 0.4) is 0 Å². The Hall–Kier alpha value is -2.07. The molecule has 0 aliphatic heterocycles. The van der Waals surface area contributed by atoms with Crippen LogP contribution >= 0.6 is 0 Å². The minimum Gasteiger partial charge on any atom is -0.508 e. The molecule has 4 heteroatoms. The number of nitrogens with one attached hydrogen (secondary N) is 1. The van der Waals surface area contributed by atoms with Crippen molar-refractivity contribution in [2.45, 2.75) is 31.8 Å². The van der Waals surface area contributed by atoms with E-state index in [-0.39, 0.29) is 0 Å². The molecule has 1 aliphatic rings. The average Bonchev–Trinajstić information content (AvgIpc) is 2.53. The van der Waals surface area contributed by atoms with E-state index in [0.29, 0.717) is 17.7 Å². The zero-order valence-electron chi connectivity index (χ0n) is 12.2. The number of hydrogen-bond acceptors (Lipinski definition) is 4. The van der Waals surface area contributed by atoms with Gasteiger partial charge in [0.15, 0.2) is 0 Å². The van der Waals surface area contributed by atoms with Gasteiger partial charge in [0.05, 0.1) is 7.11 Å². The second-order valence-corrected chi connectivity index (χ2v) is 5.42. The lowest BCUT2D eigenvalue weighted by molar-refractivity contribution is 0.397. The highest BCUT2D eigenvalue weighted by molar-refractivity contribution is 5.38. The highest BCUT2D eigenvalue weighted by Gasteiger charge is 2.19. The zero-order valence-corrected chi connectivity index (χ0v) is 12.2. The predicted octanol–water partition coefficient (Wildman–Crippen LogP) is 2.96. The number of nitrogens with zero attached hydrogens (tertiary/aromatic N) is 1. The van der Waals surface area contributed by atoms with Crippen molar-refractivity contribution in [1.82, 2.24) is 10.3 Å². The van der Waals surface area contributed by atoms with Crippen LogP contribution < -0.4 is 10.1 Å². The van der Waals surface area contributed by atoms with E-state index < -0.39 is 0 Å². The number of phenolic OH excluding ortho intramolecular Hbond substituents is 1. The Bertz CT molecular complexity index is 611. The topological polar surface area (TPSA) is 54.4 Å². The van der Waals surface area contributed by atoms with E-state index >= 15 is 0 Å². The molecule has 2 aromatic rings. The van der Waals surface area contributed by atoms with Crippen LogP contribution in [0.5, 0.6) is 11.6 Å². The first-order valence-electron chi connectivity index (χ1n) is 7.30. The third-order valence-electron chi connectivity index (χ3n) is 4.00. The minimum atomic E-state index is 0.344. The number of fused-ring (bicyclic) bond motifs is 1. The van der Waals surface area contributed by atoms with Crippen molar-refractivity contribution in [3.8, 4) is 11.6 Å². The Labute approximate surface area is 124 Å². The molecule has 0 amide bonds. The Kier molecular flexibility index (Phi) is 4.06. The van der Waals surface area contributed by atoms with E-state index in [1.165, 1.54) is 11.1 Å². The van der Waals surface area contributed by atoms with Crippen LogP contribution in [-0.4, -0.2) is 17.2 Å². The first-order valence-corrected chi connectivity index (χ1v) is 7.30. The van der Waals surface area contributed by atoms with Gasteiger partial charge in [0.25, 0.3) is 0 Å². The summed E-state index contributed by atoms with van der Waals surface area (Å²) in [5.41, 5.74) is 3.70. The van der Waals surface area contributed by atoms with E-state index in [2.05, 4.69) is 10.3 Å². The van der Waals surface area contributed by atoms with Crippen LogP contribution in [0.25, 0.3) is 0 Å². The fourth-order valence-electron chi connectivity index (χ4n) is 2.89. The summed E-state index contributed by atoms with van der Waals surface area (Å²) in [4.78, 5) is 4.22. The van der Waals surface area contributed by atoms with E-state index in [0.717, 1.165) is 31.4 Å². The fourth-order valence-corrected chi connectivity index (χ4v) is 2.89. The first kappa shape index (κ1) is 13.9. The predicted molar refractivity (Wildman–Crippen MR) is 81.4 cm³/mol. The van der Waals surface area contributed by atoms with Gasteiger partial charge in [0, 0.05) is 24.8 Å². The van der Waals surface area contributed by atoms with Gasteiger partial charge >= 0.3 is 0 Å². The van der Waals surface area contributed by atoms with E-state index in [9.17, 15) is 5.11 Å². The van der Waals surface area contributed by atoms with E-state index in [1.807, 2.05) is 30.5 Å². The third kappa shape index (κ3) is 3.16. The minimum absolute atomic E-state index is 0.344. The maximum atomic E-state index is 9.59. The van der Waals surface area contributed by atoms with Gasteiger partial charge in [-0.3, -0.25) is 0 Å². The molecular formula is C17H20N2O2. The fraction of sp³-hybridized carbons (Fsp3) is 0.353. The van der Waals surface area contributed by atoms with Crippen molar-refractivity contribution >= 4 is 0 Å². The number of methoxy groups -OCH3 is 1. The number of benzene rings is 1. The summed E-state index contributed by atoms with van der Waals surface area (Å²) >= 11 is 0. The monoisotopic (exact) mass is 284 g/mol. The molecular weight excluding hydrogens is 264 g/mol. The molecule has 1 aromatic heterocycles. The summed E-state index contributed by atoms with van der Waals surface area (Å²) in [6.07, 6.45) is 5.16. The van der Waals surface area contributed by atoms with Gasteiger partial charge in [-0.05, 0) is 48.1 Å². The summed E-state index contributed by atoms with van der Waals surface area (Å²) < 4.78 is 5.07. The quantitative estimate of drug-likeness (QED) is 0.906. The molecule has 110 valence electrons. The third-order valence-corrected chi connectivity index (χ3v) is 4.00. The molecule has 1 atom stereocenters. The van der Waals surface area contributed by atoms with Crippen molar-refractivity contribution in [2.75, 3.05) is 7.11 Å². The molecule has 0 spiro atoms. The number of hydrogen-bond donors (Lipinski definition) is 2. The van der Waals surface area contributed by atoms with Gasteiger partial charge in [-0.25, -0.2) is 4.98 Å². The Balaban J connectivity index is 1.68. The maximum absolute atomic E-state index is 9.59. The van der Waals surface area contributed by atoms with E-state index in [4.69, 9.17) is 4.74 Å². The Morgan fingerprint density at radius 3 is 3.00 bits per heavy atom. The van der Waals surface area contributed by atoms with Crippen molar-refractivity contribution in [3.63, 3.8) is 0 Å². The summed E-state index contributed by atoms with van der Waals surface area (Å²) in [6.45, 7) is 0.780. The SMILES string of the molecule is COc1ccc(CNC2CCCc3cc(O)ccc32)cn1. The maximum Gasteiger partial charge on any atom is 0.212 e. The number of ether oxygens (including phenoxy) is 1. The first-order chi connectivity index (χ1) is 10.3. The number of aromatic hydroxyl groups is 1. The van der Waals surface area contributed by atoms with Gasteiger partial charge in [-0.1, -0.05) is 12.1 Å². The van der Waals surface area contributed by atoms with Crippen LogP contribution in [0.1, 0.15) is 35.6 Å². The lowest BCUT2D eigenvalue weighted by Crippen LogP contribution is -2.24. The molecule has 2 N–H and O–H groups in total. The summed E-state index contributed by atoms with van der Waals surface area (Å²) in [7, 11) is 1.62. The van der Waals surface area contributed by atoms with Crippen molar-refractivity contribution in [1.29, 1.82) is 0 Å². The summed E-state index contributed by atoms with van der Waals surface area (Å²) in [5.74, 6) is 0.992. The normalized spacial score (nSPS) is 17.3. The standard InChI is InChI=1S/C17H20N2O2/c1-21-17-8-5-12(11-19-17)10-18-16-4-2-3-13-9-14(20)6-7-15(13)16/h5-9,11,16,18,20H,2-4,10H2,1H3. The summed E-state index contributed by atoms with van der Waals surface area (Å²) in [6, 6.07) is 9.94. The van der Waals surface area contributed by atoms with Gasteiger partial charge in [-0.2, -0.15) is 0 Å². The molecule has 0 bridgehead atoms. The summed E-state index contributed by atoms with van der Waals surface area (Å²) in [5, 5.41) is 13.2. The zero-order chi connectivity index (χ0) is 14.7. The van der Waals surface area contributed by atoms with Gasteiger partial charge in [0.2, 0.25) is 5.88 Å². The number of pyridine rings is 1. The van der Waals surface area contributed by atoms with Gasteiger partial charge in [0.1, 0.15) is 5.75 Å². The average molecular weight is 284 g/mol. The highest BCUT2D eigenvalue weighted by atomic mass is 16.5. The molecule has 21 heavy (non-hydrogen) atoms. The largest absolute Gasteiger partial charge is 0.508 e. The second kappa shape index (κ2) is 6.14. The number of phenols is 1. The molecule has 3 rings (SSSR count). The number of aromatic nitrogens is 1. The molecule has 0 radical (unpaired) electrons. The molecule has 4 nitrogen and oxygen atoms in total. The molecule has 1 aliphatic carbocycles.